The highest BCUT2D eigenvalue weighted by molar-refractivity contribution is 7.91. The minimum atomic E-state index is -3.74. The van der Waals surface area contributed by atoms with Crippen LogP contribution < -0.4 is 15.4 Å². The lowest BCUT2D eigenvalue weighted by Crippen LogP contribution is -2.41. The number of aromatic nitrogens is 1. The van der Waals surface area contributed by atoms with Crippen molar-refractivity contribution in [2.75, 3.05) is 10.6 Å². The molecule has 0 aliphatic carbocycles. The number of carbonyl (C=O) groups excluding carboxylic acids is 2. The average molecular weight is 425 g/mol. The maximum Gasteiger partial charge on any atom is 0.250 e. The van der Waals surface area contributed by atoms with Gasteiger partial charge in [0.05, 0.1) is 16.3 Å². The minimum absolute atomic E-state index is 0.146. The summed E-state index contributed by atoms with van der Waals surface area (Å²) in [5.74, 6) is -0.699. The number of nitrogens with one attached hydrogen (secondary N) is 3. The number of anilines is 2. The van der Waals surface area contributed by atoms with E-state index in [1.54, 1.807) is 29.6 Å². The van der Waals surface area contributed by atoms with Gasteiger partial charge in [0.2, 0.25) is 11.8 Å². The summed E-state index contributed by atoms with van der Waals surface area (Å²) in [7, 11) is -3.74. The standard InChI is InChI=1S/C16H16N4O4S3/c1-9(20-27(23,24)14-4-3-7-25-14)15(22)19-16-18-12-6-5-11(17-10(2)21)8-13(12)26-16/h3-9,20H,1-2H3,(H,17,21)(H,18,19,22). The second-order valence-corrected chi connectivity index (χ2v) is 9.57. The molecule has 1 atom stereocenters. The zero-order valence-electron chi connectivity index (χ0n) is 14.3. The van der Waals surface area contributed by atoms with Crippen LogP contribution in [0.2, 0.25) is 0 Å². The van der Waals surface area contributed by atoms with Crippen molar-refractivity contribution in [1.82, 2.24) is 9.71 Å². The molecule has 1 unspecified atom stereocenters. The summed E-state index contributed by atoms with van der Waals surface area (Å²) < 4.78 is 27.7. The molecule has 0 fully saturated rings. The number of carbonyl (C=O) groups is 2. The number of thiophene rings is 1. The molecule has 0 bridgehead atoms. The molecule has 3 rings (SSSR count). The van der Waals surface area contributed by atoms with Crippen LogP contribution in [-0.2, 0) is 19.6 Å². The molecule has 0 saturated heterocycles. The van der Waals surface area contributed by atoms with Crippen molar-refractivity contribution in [2.45, 2.75) is 24.1 Å². The first-order valence-electron chi connectivity index (χ1n) is 7.79. The van der Waals surface area contributed by atoms with Gasteiger partial charge in [-0.25, -0.2) is 13.4 Å². The highest BCUT2D eigenvalue weighted by atomic mass is 32.2. The molecule has 11 heteroatoms. The Morgan fingerprint density at radius 1 is 1.19 bits per heavy atom. The third-order valence-corrected chi connectivity index (χ3v) is 7.30. The van der Waals surface area contributed by atoms with Crippen LogP contribution in [0, 0.1) is 0 Å². The molecule has 0 aliphatic heterocycles. The molecule has 27 heavy (non-hydrogen) atoms. The smallest absolute Gasteiger partial charge is 0.250 e. The van der Waals surface area contributed by atoms with Gasteiger partial charge in [-0.2, -0.15) is 4.72 Å². The summed E-state index contributed by atoms with van der Waals surface area (Å²) in [5.41, 5.74) is 1.30. The SMILES string of the molecule is CC(=O)Nc1ccc2nc(NC(=O)C(C)NS(=O)(=O)c3cccs3)sc2c1. The summed E-state index contributed by atoms with van der Waals surface area (Å²) in [4.78, 5) is 27.8. The third kappa shape index (κ3) is 4.69. The summed E-state index contributed by atoms with van der Waals surface area (Å²) in [5, 5.41) is 7.29. The van der Waals surface area contributed by atoms with Gasteiger partial charge in [-0.05, 0) is 36.6 Å². The van der Waals surface area contributed by atoms with Gasteiger partial charge in [-0.1, -0.05) is 17.4 Å². The van der Waals surface area contributed by atoms with Crippen molar-refractivity contribution in [2.24, 2.45) is 0 Å². The van der Waals surface area contributed by atoms with E-state index in [0.717, 1.165) is 16.0 Å². The van der Waals surface area contributed by atoms with Crippen LogP contribution >= 0.6 is 22.7 Å². The minimum Gasteiger partial charge on any atom is -0.326 e. The van der Waals surface area contributed by atoms with E-state index in [-0.39, 0.29) is 10.1 Å². The summed E-state index contributed by atoms with van der Waals surface area (Å²) in [6, 6.07) is 7.33. The number of hydrogen-bond donors (Lipinski definition) is 3. The molecule has 0 aliphatic rings. The third-order valence-electron chi connectivity index (χ3n) is 3.42. The molecule has 142 valence electrons. The van der Waals surface area contributed by atoms with Gasteiger partial charge in [0, 0.05) is 12.6 Å². The molecular formula is C16H16N4O4S3. The summed E-state index contributed by atoms with van der Waals surface area (Å²) in [6.07, 6.45) is 0. The van der Waals surface area contributed by atoms with Crippen LogP contribution in [0.4, 0.5) is 10.8 Å². The van der Waals surface area contributed by atoms with Crippen LogP contribution in [0.25, 0.3) is 10.2 Å². The van der Waals surface area contributed by atoms with E-state index in [9.17, 15) is 18.0 Å². The number of benzene rings is 1. The molecule has 3 N–H and O–H groups in total. The fraction of sp³-hybridized carbons (Fsp3) is 0.188. The molecule has 0 spiro atoms. The topological polar surface area (TPSA) is 117 Å². The van der Waals surface area contributed by atoms with Crippen molar-refractivity contribution in [3.05, 3.63) is 35.7 Å². The van der Waals surface area contributed by atoms with E-state index >= 15 is 0 Å². The number of fused-ring (bicyclic) bond motifs is 1. The van der Waals surface area contributed by atoms with E-state index in [4.69, 9.17) is 0 Å². The molecule has 2 amide bonds. The van der Waals surface area contributed by atoms with Gasteiger partial charge < -0.3 is 10.6 Å². The fourth-order valence-corrected chi connectivity index (χ4v) is 5.35. The van der Waals surface area contributed by atoms with Crippen molar-refractivity contribution in [3.63, 3.8) is 0 Å². The van der Waals surface area contributed by atoms with Crippen LogP contribution in [0.5, 0.6) is 0 Å². The molecule has 3 aromatic rings. The lowest BCUT2D eigenvalue weighted by atomic mass is 10.3. The van der Waals surface area contributed by atoms with Gasteiger partial charge in [0.25, 0.3) is 10.0 Å². The molecule has 0 saturated carbocycles. The number of amides is 2. The fourth-order valence-electron chi connectivity index (χ4n) is 2.23. The Bertz CT molecular complexity index is 1090. The molecule has 1 aromatic carbocycles. The Kier molecular flexibility index (Phi) is 5.56. The van der Waals surface area contributed by atoms with Crippen LogP contribution in [-0.4, -0.2) is 31.3 Å². The first-order valence-corrected chi connectivity index (χ1v) is 11.0. The van der Waals surface area contributed by atoms with Crippen molar-refractivity contribution in [1.29, 1.82) is 0 Å². The normalized spacial score (nSPS) is 12.7. The molecule has 2 heterocycles. The number of sulfonamides is 1. The number of nitrogens with zero attached hydrogens (tertiary/aromatic N) is 1. The Labute approximate surface area is 163 Å². The quantitative estimate of drug-likeness (QED) is 0.562. The van der Waals surface area contributed by atoms with Gasteiger partial charge in [0.1, 0.15) is 4.21 Å². The number of hydrogen-bond acceptors (Lipinski definition) is 7. The molecular weight excluding hydrogens is 408 g/mol. The Morgan fingerprint density at radius 3 is 2.63 bits per heavy atom. The highest BCUT2D eigenvalue weighted by Crippen LogP contribution is 2.28. The highest BCUT2D eigenvalue weighted by Gasteiger charge is 2.23. The average Bonchev–Trinajstić information content (AvgIpc) is 3.22. The first-order chi connectivity index (χ1) is 12.7. The van der Waals surface area contributed by atoms with E-state index in [2.05, 4.69) is 20.3 Å². The second-order valence-electron chi connectivity index (χ2n) is 5.65. The van der Waals surface area contributed by atoms with Crippen molar-refractivity contribution < 1.29 is 18.0 Å². The van der Waals surface area contributed by atoms with E-state index in [1.807, 2.05) is 0 Å². The summed E-state index contributed by atoms with van der Waals surface area (Å²) >= 11 is 2.30. The monoisotopic (exact) mass is 424 g/mol. The van der Waals surface area contributed by atoms with Gasteiger partial charge in [-0.15, -0.1) is 11.3 Å². The van der Waals surface area contributed by atoms with Crippen molar-refractivity contribution in [3.8, 4) is 0 Å². The van der Waals surface area contributed by atoms with Gasteiger partial charge in [-0.3, -0.25) is 9.59 Å². The largest absolute Gasteiger partial charge is 0.326 e. The Hall–Kier alpha value is -2.34. The second kappa shape index (κ2) is 7.72. The molecule has 0 radical (unpaired) electrons. The Balaban J connectivity index is 1.70. The molecule has 8 nitrogen and oxygen atoms in total. The van der Waals surface area contributed by atoms with Crippen LogP contribution in [0.15, 0.2) is 39.9 Å². The van der Waals surface area contributed by atoms with E-state index < -0.39 is 22.0 Å². The van der Waals surface area contributed by atoms with Crippen molar-refractivity contribution >= 4 is 65.5 Å². The lowest BCUT2D eigenvalue weighted by Gasteiger charge is -2.12. The predicted octanol–water partition coefficient (Wildman–Crippen LogP) is 2.62. The van der Waals surface area contributed by atoms with E-state index in [0.29, 0.717) is 16.3 Å². The summed E-state index contributed by atoms with van der Waals surface area (Å²) in [6.45, 7) is 2.88. The maximum absolute atomic E-state index is 12.3. The zero-order valence-corrected chi connectivity index (χ0v) is 16.8. The molecule has 2 aromatic heterocycles. The maximum atomic E-state index is 12.3. The zero-order chi connectivity index (χ0) is 19.6. The van der Waals surface area contributed by atoms with Crippen LogP contribution in [0.3, 0.4) is 0 Å². The van der Waals surface area contributed by atoms with Gasteiger partial charge in [0.15, 0.2) is 5.13 Å². The number of thiazole rings is 1. The predicted molar refractivity (Wildman–Crippen MR) is 107 cm³/mol. The Morgan fingerprint density at radius 2 is 1.96 bits per heavy atom. The number of rotatable bonds is 6. The lowest BCUT2D eigenvalue weighted by molar-refractivity contribution is -0.117. The van der Waals surface area contributed by atoms with Crippen LogP contribution in [0.1, 0.15) is 13.8 Å². The van der Waals surface area contributed by atoms with E-state index in [1.165, 1.54) is 31.3 Å². The first kappa shape index (κ1) is 19.4. The van der Waals surface area contributed by atoms with Gasteiger partial charge >= 0.3 is 0 Å².